The van der Waals surface area contributed by atoms with E-state index in [0.717, 1.165) is 37.2 Å². The molecule has 0 spiro atoms. The van der Waals surface area contributed by atoms with E-state index in [1.54, 1.807) is 6.20 Å². The van der Waals surface area contributed by atoms with E-state index in [1.165, 1.54) is 6.33 Å². The van der Waals surface area contributed by atoms with E-state index in [2.05, 4.69) is 15.0 Å². The summed E-state index contributed by atoms with van der Waals surface area (Å²) in [5.74, 6) is 2.55. The van der Waals surface area contributed by atoms with Crippen LogP contribution in [-0.4, -0.2) is 51.2 Å². The van der Waals surface area contributed by atoms with Crippen molar-refractivity contribution in [3.63, 3.8) is 0 Å². The monoisotopic (exact) mass is 412 g/mol. The first-order chi connectivity index (χ1) is 14.4. The molecule has 0 aromatic carbocycles. The summed E-state index contributed by atoms with van der Waals surface area (Å²) in [6.07, 6.45) is 4.75. The molecule has 0 unspecified atom stereocenters. The lowest BCUT2D eigenvalue weighted by Gasteiger charge is -2.21. The molecule has 3 atom stereocenters. The third-order valence-electron chi connectivity index (χ3n) is 5.74. The summed E-state index contributed by atoms with van der Waals surface area (Å²) < 4.78 is 17.5. The fourth-order valence-corrected chi connectivity index (χ4v) is 4.25. The van der Waals surface area contributed by atoms with Crippen LogP contribution in [-0.2, 0) is 4.74 Å². The quantitative estimate of drug-likeness (QED) is 0.736. The second kappa shape index (κ2) is 8.45. The van der Waals surface area contributed by atoms with Gasteiger partial charge >= 0.3 is 6.09 Å². The number of likely N-dealkylation sites (tertiary alicyclic amines) is 1. The highest BCUT2D eigenvalue weighted by molar-refractivity contribution is 5.68. The Labute approximate surface area is 176 Å². The molecule has 2 aromatic rings. The molecule has 1 aliphatic carbocycles. The minimum absolute atomic E-state index is 0.0739. The average molecular weight is 412 g/mol. The van der Waals surface area contributed by atoms with Crippen LogP contribution in [0.3, 0.4) is 0 Å². The van der Waals surface area contributed by atoms with Crippen LogP contribution >= 0.6 is 0 Å². The lowest BCUT2D eigenvalue weighted by molar-refractivity contribution is 0.0791. The van der Waals surface area contributed by atoms with Gasteiger partial charge in [-0.1, -0.05) is 0 Å². The molecule has 0 radical (unpaired) electrons. The fourth-order valence-electron chi connectivity index (χ4n) is 4.25. The van der Waals surface area contributed by atoms with Crippen molar-refractivity contribution in [2.75, 3.05) is 13.1 Å². The minimum Gasteiger partial charge on any atom is -0.474 e. The third-order valence-corrected chi connectivity index (χ3v) is 5.74. The van der Waals surface area contributed by atoms with Gasteiger partial charge in [0.05, 0.1) is 17.4 Å². The number of carbonyl (C=O) groups excluding carboxylic acids is 1. The Morgan fingerprint density at radius 3 is 2.47 bits per heavy atom. The molecule has 0 N–H and O–H groups in total. The predicted octanol–water partition coefficient (Wildman–Crippen LogP) is 3.91. The summed E-state index contributed by atoms with van der Waals surface area (Å²) >= 11 is 0. The smallest absolute Gasteiger partial charge is 0.410 e. The van der Waals surface area contributed by atoms with E-state index >= 15 is 0 Å². The molecule has 1 saturated carbocycles. The highest BCUT2D eigenvalue weighted by Gasteiger charge is 2.44. The Bertz CT molecular complexity index is 906. The van der Waals surface area contributed by atoms with Crippen molar-refractivity contribution in [3.8, 4) is 17.5 Å². The van der Waals surface area contributed by atoms with Gasteiger partial charge < -0.3 is 19.1 Å². The number of pyridine rings is 1. The van der Waals surface area contributed by atoms with Crippen molar-refractivity contribution in [2.45, 2.75) is 52.7 Å². The summed E-state index contributed by atoms with van der Waals surface area (Å²) in [6, 6.07) is 3.69. The van der Waals surface area contributed by atoms with Crippen LogP contribution in [0.15, 0.2) is 24.7 Å². The van der Waals surface area contributed by atoms with Crippen molar-refractivity contribution in [1.29, 1.82) is 0 Å². The van der Waals surface area contributed by atoms with E-state index in [1.807, 2.05) is 44.7 Å². The van der Waals surface area contributed by atoms with Gasteiger partial charge in [0.2, 0.25) is 11.8 Å². The molecule has 4 rings (SSSR count). The summed E-state index contributed by atoms with van der Waals surface area (Å²) in [5.41, 5.74) is 1.56. The van der Waals surface area contributed by atoms with Gasteiger partial charge in [0.1, 0.15) is 12.4 Å². The van der Waals surface area contributed by atoms with Crippen LogP contribution in [0.1, 0.15) is 37.9 Å². The Kier molecular flexibility index (Phi) is 5.74. The van der Waals surface area contributed by atoms with Crippen molar-refractivity contribution in [2.24, 2.45) is 11.8 Å². The van der Waals surface area contributed by atoms with Crippen LogP contribution in [0.4, 0.5) is 4.79 Å². The highest BCUT2D eigenvalue weighted by Crippen LogP contribution is 2.40. The molecule has 1 saturated heterocycles. The predicted molar refractivity (Wildman–Crippen MR) is 110 cm³/mol. The van der Waals surface area contributed by atoms with Crippen molar-refractivity contribution >= 4 is 6.09 Å². The Morgan fingerprint density at radius 1 is 1.10 bits per heavy atom. The van der Waals surface area contributed by atoms with Gasteiger partial charge in [-0.05, 0) is 64.5 Å². The zero-order chi connectivity index (χ0) is 21.3. The summed E-state index contributed by atoms with van der Waals surface area (Å²) in [4.78, 5) is 26.8. The Morgan fingerprint density at radius 2 is 1.80 bits per heavy atom. The van der Waals surface area contributed by atoms with Gasteiger partial charge in [-0.15, -0.1) is 0 Å². The molecule has 3 heterocycles. The van der Waals surface area contributed by atoms with Crippen molar-refractivity contribution < 1.29 is 19.0 Å². The number of aromatic nitrogens is 3. The van der Waals surface area contributed by atoms with Gasteiger partial charge in [-0.2, -0.15) is 0 Å². The number of ether oxygens (including phenoxy) is 3. The lowest BCUT2D eigenvalue weighted by atomic mass is 10.0. The largest absolute Gasteiger partial charge is 0.474 e. The molecule has 1 aliphatic heterocycles. The van der Waals surface area contributed by atoms with Crippen LogP contribution in [0.5, 0.6) is 17.5 Å². The molecular formula is C22H28N4O4. The molecule has 0 bridgehead atoms. The third kappa shape index (κ3) is 4.32. The molecule has 2 aromatic heterocycles. The maximum Gasteiger partial charge on any atom is 0.410 e. The molecule has 1 amide bonds. The van der Waals surface area contributed by atoms with E-state index in [0.29, 0.717) is 29.3 Å². The normalized spacial score (nSPS) is 22.8. The molecule has 30 heavy (non-hydrogen) atoms. The fraction of sp³-hybridized carbons (Fsp3) is 0.545. The minimum atomic E-state index is -0.212. The topological polar surface area (TPSA) is 86.7 Å². The van der Waals surface area contributed by atoms with Crippen LogP contribution in [0.2, 0.25) is 0 Å². The standard InChI is InChI=1S/C22H28N4O4/c1-13(2)28-22(27)26-10-16-8-18(9-17(16)11-26)29-20-14(3)21(25-12-24-20)30-19-6-5-7-23-15(19)4/h5-7,12-13,16-18H,8-11H2,1-4H3/t16-,17+,18-. The second-order valence-electron chi connectivity index (χ2n) is 8.37. The molecule has 2 aliphatic rings. The van der Waals surface area contributed by atoms with E-state index in [-0.39, 0.29) is 18.3 Å². The number of nitrogens with zero attached hydrogens (tertiary/aromatic N) is 4. The average Bonchev–Trinajstić information content (AvgIpc) is 3.25. The summed E-state index contributed by atoms with van der Waals surface area (Å²) in [7, 11) is 0. The van der Waals surface area contributed by atoms with Crippen LogP contribution in [0, 0.1) is 25.7 Å². The highest BCUT2D eigenvalue weighted by atomic mass is 16.6. The molecule has 2 fully saturated rings. The number of aryl methyl sites for hydroxylation is 1. The number of hydrogen-bond acceptors (Lipinski definition) is 7. The molecule has 8 nitrogen and oxygen atoms in total. The molecule has 160 valence electrons. The number of rotatable bonds is 5. The van der Waals surface area contributed by atoms with Gasteiger partial charge in [-0.3, -0.25) is 4.98 Å². The first-order valence-electron chi connectivity index (χ1n) is 10.4. The zero-order valence-electron chi connectivity index (χ0n) is 17.9. The van der Waals surface area contributed by atoms with Crippen molar-refractivity contribution in [1.82, 2.24) is 19.9 Å². The summed E-state index contributed by atoms with van der Waals surface area (Å²) in [5, 5.41) is 0. The molecule has 8 heteroatoms. The Hall–Kier alpha value is -2.90. The zero-order valence-corrected chi connectivity index (χ0v) is 17.9. The number of amides is 1. The van der Waals surface area contributed by atoms with Gasteiger partial charge in [0.25, 0.3) is 0 Å². The van der Waals surface area contributed by atoms with E-state index in [4.69, 9.17) is 14.2 Å². The number of carbonyl (C=O) groups is 1. The van der Waals surface area contributed by atoms with E-state index in [9.17, 15) is 4.79 Å². The van der Waals surface area contributed by atoms with Gasteiger partial charge in [0, 0.05) is 19.3 Å². The first kappa shape index (κ1) is 20.4. The SMILES string of the molecule is Cc1ncccc1Oc1ncnc(O[C@@H]2C[C@@H]3CN(C(=O)OC(C)C)C[C@@H]3C2)c1C. The van der Waals surface area contributed by atoms with Gasteiger partial charge in [0.15, 0.2) is 5.75 Å². The maximum absolute atomic E-state index is 12.2. The Balaban J connectivity index is 1.37. The van der Waals surface area contributed by atoms with Crippen LogP contribution < -0.4 is 9.47 Å². The van der Waals surface area contributed by atoms with Gasteiger partial charge in [-0.25, -0.2) is 14.8 Å². The van der Waals surface area contributed by atoms with Crippen molar-refractivity contribution in [3.05, 3.63) is 35.9 Å². The number of hydrogen-bond donors (Lipinski definition) is 0. The van der Waals surface area contributed by atoms with Crippen LogP contribution in [0.25, 0.3) is 0 Å². The summed E-state index contributed by atoms with van der Waals surface area (Å²) in [6.45, 7) is 8.99. The maximum atomic E-state index is 12.2. The lowest BCUT2D eigenvalue weighted by Crippen LogP contribution is -2.32. The first-order valence-corrected chi connectivity index (χ1v) is 10.4. The molecular weight excluding hydrogens is 384 g/mol. The number of fused-ring (bicyclic) bond motifs is 1. The van der Waals surface area contributed by atoms with E-state index < -0.39 is 0 Å². The second-order valence-corrected chi connectivity index (χ2v) is 8.37.